The first-order chi connectivity index (χ1) is 7.63. The fraction of sp³-hybridized carbons (Fsp3) is 0.533. The zero-order valence-corrected chi connectivity index (χ0v) is 10.6. The molecule has 0 spiro atoms. The van der Waals surface area contributed by atoms with E-state index in [0.717, 1.165) is 19.3 Å². The minimum Gasteiger partial charge on any atom is -0.300 e. The van der Waals surface area contributed by atoms with Gasteiger partial charge in [-0.15, -0.1) is 0 Å². The second kappa shape index (κ2) is 6.47. The molecule has 1 aromatic carbocycles. The number of benzene rings is 1. The lowest BCUT2D eigenvalue weighted by Crippen LogP contribution is -1.99. The number of hydrogen-bond donors (Lipinski definition) is 0. The van der Waals surface area contributed by atoms with Gasteiger partial charge in [0, 0.05) is 12.8 Å². The Hall–Kier alpha value is -1.11. The molecule has 1 heteroatoms. The van der Waals surface area contributed by atoms with E-state index in [1.807, 2.05) is 0 Å². The first kappa shape index (κ1) is 13.0. The number of ketones is 1. The Bertz CT molecular complexity index is 322. The van der Waals surface area contributed by atoms with E-state index in [9.17, 15) is 4.79 Å². The molecule has 1 rings (SSSR count). The smallest absolute Gasteiger partial charge is 0.133 e. The summed E-state index contributed by atoms with van der Waals surface area (Å²) in [5.41, 5.74) is 2.64. The highest BCUT2D eigenvalue weighted by Gasteiger charge is 2.02. The molecule has 0 aliphatic heterocycles. The summed E-state index contributed by atoms with van der Waals surface area (Å²) < 4.78 is 0. The van der Waals surface area contributed by atoms with E-state index in [1.54, 1.807) is 0 Å². The van der Waals surface area contributed by atoms with Crippen molar-refractivity contribution in [2.75, 3.05) is 0 Å². The van der Waals surface area contributed by atoms with Crippen molar-refractivity contribution in [3.05, 3.63) is 35.4 Å². The molecule has 0 N–H and O–H groups in total. The summed E-state index contributed by atoms with van der Waals surface area (Å²) in [6, 6.07) is 8.64. The Kier molecular flexibility index (Phi) is 5.24. The topological polar surface area (TPSA) is 17.1 Å². The second-order valence-corrected chi connectivity index (χ2v) is 4.68. The fourth-order valence-corrected chi connectivity index (χ4v) is 1.76. The van der Waals surface area contributed by atoms with Crippen LogP contribution in [0.1, 0.15) is 57.1 Å². The van der Waals surface area contributed by atoms with Gasteiger partial charge in [-0.05, 0) is 29.9 Å². The summed E-state index contributed by atoms with van der Waals surface area (Å²) in [5, 5.41) is 0. The van der Waals surface area contributed by atoms with Crippen LogP contribution >= 0.6 is 0 Å². The highest BCUT2D eigenvalue weighted by Crippen LogP contribution is 2.15. The summed E-state index contributed by atoms with van der Waals surface area (Å²) in [6.45, 7) is 6.44. The molecule has 0 heterocycles. The van der Waals surface area contributed by atoms with Crippen LogP contribution in [0.4, 0.5) is 0 Å². The van der Waals surface area contributed by atoms with Gasteiger partial charge < -0.3 is 0 Å². The van der Waals surface area contributed by atoms with E-state index >= 15 is 0 Å². The van der Waals surface area contributed by atoms with E-state index in [4.69, 9.17) is 0 Å². The van der Waals surface area contributed by atoms with E-state index in [0.29, 0.717) is 18.1 Å². The van der Waals surface area contributed by atoms with Gasteiger partial charge in [-0.2, -0.15) is 0 Å². The maximum Gasteiger partial charge on any atom is 0.133 e. The molecule has 0 fully saturated rings. The maximum atomic E-state index is 11.4. The van der Waals surface area contributed by atoms with Gasteiger partial charge in [0.1, 0.15) is 5.78 Å². The van der Waals surface area contributed by atoms with Crippen LogP contribution in [-0.4, -0.2) is 5.78 Å². The van der Waals surface area contributed by atoms with Gasteiger partial charge in [0.05, 0.1) is 0 Å². The largest absolute Gasteiger partial charge is 0.300 e. The number of carbonyl (C=O) groups is 1. The Morgan fingerprint density at radius 3 is 2.25 bits per heavy atom. The van der Waals surface area contributed by atoms with Gasteiger partial charge in [-0.3, -0.25) is 4.79 Å². The van der Waals surface area contributed by atoms with Crippen LogP contribution in [0.2, 0.25) is 0 Å². The van der Waals surface area contributed by atoms with Crippen LogP contribution in [-0.2, 0) is 11.2 Å². The number of hydrogen-bond acceptors (Lipinski definition) is 1. The minimum absolute atomic E-state index is 0.385. The van der Waals surface area contributed by atoms with Gasteiger partial charge in [-0.25, -0.2) is 0 Å². The number of rotatable bonds is 6. The summed E-state index contributed by atoms with van der Waals surface area (Å²) in [5.74, 6) is 0.964. The van der Waals surface area contributed by atoms with Crippen molar-refractivity contribution in [1.82, 2.24) is 0 Å². The van der Waals surface area contributed by atoms with Gasteiger partial charge in [-0.1, -0.05) is 45.0 Å². The Labute approximate surface area is 98.9 Å². The maximum absolute atomic E-state index is 11.4. The molecule has 0 unspecified atom stereocenters. The monoisotopic (exact) mass is 218 g/mol. The molecular weight excluding hydrogens is 196 g/mol. The number of Topliss-reactive ketones (excluding diaryl/α,β-unsaturated/α-hetero) is 1. The number of carbonyl (C=O) groups excluding carboxylic acids is 1. The molecule has 1 aromatic rings. The standard InChI is InChI=1S/C15H22O/c1-4-5-15(16)11-8-13-6-9-14(10-7-13)12(2)3/h6-7,9-10,12H,4-5,8,11H2,1-3H3. The van der Waals surface area contributed by atoms with Crippen molar-refractivity contribution in [1.29, 1.82) is 0 Å². The van der Waals surface area contributed by atoms with Crippen LogP contribution in [0.3, 0.4) is 0 Å². The Morgan fingerprint density at radius 1 is 1.12 bits per heavy atom. The van der Waals surface area contributed by atoms with Crippen molar-refractivity contribution in [3.8, 4) is 0 Å². The van der Waals surface area contributed by atoms with Gasteiger partial charge in [0.25, 0.3) is 0 Å². The summed E-state index contributed by atoms with van der Waals surface area (Å²) >= 11 is 0. The average Bonchev–Trinajstić information content (AvgIpc) is 2.27. The first-order valence-corrected chi connectivity index (χ1v) is 6.24. The van der Waals surface area contributed by atoms with E-state index in [-0.39, 0.29) is 0 Å². The van der Waals surface area contributed by atoms with Crippen LogP contribution in [0, 0.1) is 0 Å². The molecule has 0 saturated carbocycles. The molecule has 0 radical (unpaired) electrons. The molecule has 88 valence electrons. The van der Waals surface area contributed by atoms with Crippen molar-refractivity contribution in [2.24, 2.45) is 0 Å². The lowest BCUT2D eigenvalue weighted by molar-refractivity contribution is -0.119. The molecule has 1 nitrogen and oxygen atoms in total. The van der Waals surface area contributed by atoms with Crippen molar-refractivity contribution >= 4 is 5.78 Å². The van der Waals surface area contributed by atoms with Gasteiger partial charge in [0.2, 0.25) is 0 Å². The van der Waals surface area contributed by atoms with Crippen molar-refractivity contribution in [2.45, 2.75) is 52.4 Å². The third-order valence-corrected chi connectivity index (χ3v) is 2.87. The molecule has 0 aromatic heterocycles. The van der Waals surface area contributed by atoms with Gasteiger partial charge >= 0.3 is 0 Å². The van der Waals surface area contributed by atoms with E-state index < -0.39 is 0 Å². The third kappa shape index (κ3) is 4.18. The predicted octanol–water partition coefficient (Wildman–Crippen LogP) is 4.11. The Morgan fingerprint density at radius 2 is 1.75 bits per heavy atom. The van der Waals surface area contributed by atoms with Crippen molar-refractivity contribution in [3.63, 3.8) is 0 Å². The van der Waals surface area contributed by atoms with Crippen LogP contribution < -0.4 is 0 Å². The van der Waals surface area contributed by atoms with Gasteiger partial charge in [0.15, 0.2) is 0 Å². The first-order valence-electron chi connectivity index (χ1n) is 6.24. The van der Waals surface area contributed by atoms with E-state index in [1.165, 1.54) is 11.1 Å². The van der Waals surface area contributed by atoms with Crippen molar-refractivity contribution < 1.29 is 4.79 Å². The minimum atomic E-state index is 0.385. The highest BCUT2D eigenvalue weighted by atomic mass is 16.1. The molecular formula is C15H22O. The number of aryl methyl sites for hydroxylation is 1. The SMILES string of the molecule is CCCC(=O)CCc1ccc(C(C)C)cc1. The molecule has 0 aliphatic rings. The quantitative estimate of drug-likeness (QED) is 0.702. The lowest BCUT2D eigenvalue weighted by Gasteiger charge is -2.06. The molecule has 16 heavy (non-hydrogen) atoms. The average molecular weight is 218 g/mol. The summed E-state index contributed by atoms with van der Waals surface area (Å²) in [4.78, 5) is 11.4. The highest BCUT2D eigenvalue weighted by molar-refractivity contribution is 5.78. The molecule has 0 aliphatic carbocycles. The summed E-state index contributed by atoms with van der Waals surface area (Å²) in [6.07, 6.45) is 3.27. The predicted molar refractivity (Wildman–Crippen MR) is 68.8 cm³/mol. The fourth-order valence-electron chi connectivity index (χ4n) is 1.76. The third-order valence-electron chi connectivity index (χ3n) is 2.87. The zero-order chi connectivity index (χ0) is 12.0. The molecule has 0 bridgehead atoms. The van der Waals surface area contributed by atoms with Crippen LogP contribution in [0.15, 0.2) is 24.3 Å². The second-order valence-electron chi connectivity index (χ2n) is 4.68. The molecule has 0 saturated heterocycles. The Balaban J connectivity index is 2.46. The van der Waals surface area contributed by atoms with Crippen LogP contribution in [0.5, 0.6) is 0 Å². The molecule has 0 atom stereocenters. The molecule has 0 amide bonds. The zero-order valence-electron chi connectivity index (χ0n) is 10.6. The van der Waals surface area contributed by atoms with E-state index in [2.05, 4.69) is 45.0 Å². The van der Waals surface area contributed by atoms with Crippen LogP contribution in [0.25, 0.3) is 0 Å². The lowest BCUT2D eigenvalue weighted by atomic mass is 9.99. The normalized spacial score (nSPS) is 10.8. The summed E-state index contributed by atoms with van der Waals surface area (Å²) in [7, 11) is 0.